The van der Waals surface area contributed by atoms with Gasteiger partial charge < -0.3 is 10.6 Å². The number of anilines is 1. The number of amides is 2. The molecule has 2 unspecified atom stereocenters. The topological polar surface area (TPSA) is 88.2 Å². The molecule has 1 aromatic heterocycles. The Morgan fingerprint density at radius 2 is 1.75 bits per heavy atom. The molecule has 0 aliphatic heterocycles. The van der Waals surface area contributed by atoms with E-state index in [1.165, 1.54) is 12.1 Å². The molecule has 1 heterocycles. The monoisotopic (exact) mass is 441 g/mol. The van der Waals surface area contributed by atoms with Gasteiger partial charge in [-0.1, -0.05) is 6.07 Å². The summed E-state index contributed by atoms with van der Waals surface area (Å²) < 4.78 is 25.7. The molecule has 0 spiro atoms. The molecule has 0 saturated heterocycles. The fraction of sp³-hybridized carbons (Fsp3) is 0.368. The summed E-state index contributed by atoms with van der Waals surface area (Å²) in [6.45, 7) is 0.340. The number of nitrogens with one attached hydrogen (secondary N) is 2. The highest BCUT2D eigenvalue weighted by atomic mass is 35.5. The normalized spacial score (nSPS) is 22.4. The smallest absolute Gasteiger partial charge is 0.319 e. The van der Waals surface area contributed by atoms with Crippen molar-refractivity contribution in [2.24, 2.45) is 0 Å². The van der Waals surface area contributed by atoms with Crippen molar-refractivity contribution in [1.29, 1.82) is 0 Å². The minimum Gasteiger partial charge on any atom is -0.334 e. The van der Waals surface area contributed by atoms with Crippen LogP contribution in [0.25, 0.3) is 0 Å². The Morgan fingerprint density at radius 1 is 1.07 bits per heavy atom. The van der Waals surface area contributed by atoms with Gasteiger partial charge in [-0.05, 0) is 55.2 Å². The quantitative estimate of drug-likeness (QED) is 0.687. The molecule has 2 N–H and O–H groups in total. The van der Waals surface area contributed by atoms with Crippen molar-refractivity contribution >= 4 is 44.8 Å². The lowest BCUT2D eigenvalue weighted by Gasteiger charge is -2.28. The Hall–Kier alpha value is -1.83. The number of benzene rings is 1. The van der Waals surface area contributed by atoms with E-state index < -0.39 is 15.1 Å². The van der Waals surface area contributed by atoms with E-state index in [0.29, 0.717) is 31.5 Å². The number of sulfone groups is 1. The lowest BCUT2D eigenvalue weighted by Crippen LogP contribution is -2.33. The summed E-state index contributed by atoms with van der Waals surface area (Å²) in [5.74, 6) is 0. The fourth-order valence-corrected chi connectivity index (χ4v) is 6.21. The molecule has 9 heteroatoms. The largest absolute Gasteiger partial charge is 0.334 e. The number of nitrogens with zero attached hydrogens (tertiary/aromatic N) is 1. The maximum Gasteiger partial charge on any atom is 0.319 e. The number of alkyl halides is 2. The number of hydrogen-bond donors (Lipinski definition) is 2. The molecule has 2 atom stereocenters. The summed E-state index contributed by atoms with van der Waals surface area (Å²) in [4.78, 5) is 16.2. The van der Waals surface area contributed by atoms with E-state index in [1.54, 1.807) is 30.6 Å². The number of halogens is 2. The molecule has 1 fully saturated rings. The zero-order valence-electron chi connectivity index (χ0n) is 15.0. The van der Waals surface area contributed by atoms with Gasteiger partial charge in [0.1, 0.15) is 0 Å². The number of carbonyl (C=O) groups excluding carboxylic acids is 1. The number of hydrogen-bond acceptors (Lipinski definition) is 4. The first-order chi connectivity index (χ1) is 13.3. The van der Waals surface area contributed by atoms with E-state index in [1.807, 2.05) is 6.07 Å². The predicted octanol–water partition coefficient (Wildman–Crippen LogP) is 3.94. The fourth-order valence-electron chi connectivity index (χ4n) is 3.17. The van der Waals surface area contributed by atoms with Crippen LogP contribution in [0, 0.1) is 0 Å². The molecule has 28 heavy (non-hydrogen) atoms. The van der Waals surface area contributed by atoms with Crippen molar-refractivity contribution in [2.45, 2.75) is 46.7 Å². The van der Waals surface area contributed by atoms with Gasteiger partial charge in [0.2, 0.25) is 0 Å². The summed E-state index contributed by atoms with van der Waals surface area (Å²) in [6.07, 6.45) is 4.73. The van der Waals surface area contributed by atoms with Crippen LogP contribution in [0.3, 0.4) is 0 Å². The molecular formula is C19H21Cl2N3O3S. The Bertz CT molecular complexity index is 898. The van der Waals surface area contributed by atoms with Crippen LogP contribution in [0.1, 0.15) is 24.8 Å². The summed E-state index contributed by atoms with van der Waals surface area (Å²) in [5, 5.41) is 4.33. The third kappa shape index (κ3) is 5.37. The number of rotatable bonds is 5. The first-order valence-electron chi connectivity index (χ1n) is 8.90. The molecule has 150 valence electrons. The molecule has 6 nitrogen and oxygen atoms in total. The minimum atomic E-state index is -3.52. The van der Waals surface area contributed by atoms with Crippen molar-refractivity contribution in [3.05, 3.63) is 54.4 Å². The molecule has 1 aliphatic rings. The predicted molar refractivity (Wildman–Crippen MR) is 111 cm³/mol. The first-order valence-corrected chi connectivity index (χ1v) is 11.3. The van der Waals surface area contributed by atoms with E-state index >= 15 is 0 Å². The second kappa shape index (κ2) is 9.11. The standard InChI is InChI=1S/C19H21Cl2N3O3S/c20-14-8-15(21)10-18(9-14)28(26,27)17-5-3-16(4-6-17)24-19(25)23-12-13-2-1-7-22-11-13/h1-7,11,14-15,18H,8-10,12H2,(H2,23,24,25). The maximum absolute atomic E-state index is 12.8. The van der Waals surface area contributed by atoms with Crippen LogP contribution in [0.5, 0.6) is 0 Å². The molecular weight excluding hydrogens is 421 g/mol. The molecule has 1 aromatic carbocycles. The average Bonchev–Trinajstić information content (AvgIpc) is 2.67. The minimum absolute atomic E-state index is 0.202. The molecule has 1 saturated carbocycles. The van der Waals surface area contributed by atoms with E-state index in [2.05, 4.69) is 15.6 Å². The maximum atomic E-state index is 12.8. The van der Waals surface area contributed by atoms with Gasteiger partial charge in [0.25, 0.3) is 0 Å². The molecule has 1 aliphatic carbocycles. The summed E-state index contributed by atoms with van der Waals surface area (Å²) in [6, 6.07) is 9.38. The summed E-state index contributed by atoms with van der Waals surface area (Å²) in [7, 11) is -3.52. The van der Waals surface area contributed by atoms with Crippen LogP contribution in [-0.4, -0.2) is 35.4 Å². The van der Waals surface area contributed by atoms with Gasteiger partial charge in [0, 0.05) is 35.4 Å². The van der Waals surface area contributed by atoms with E-state index in [0.717, 1.165) is 5.56 Å². The zero-order valence-corrected chi connectivity index (χ0v) is 17.3. The Labute approximate surface area is 174 Å². The summed E-state index contributed by atoms with van der Waals surface area (Å²) >= 11 is 12.3. The van der Waals surface area contributed by atoms with Crippen LogP contribution in [-0.2, 0) is 16.4 Å². The Kier molecular flexibility index (Phi) is 6.80. The van der Waals surface area contributed by atoms with E-state index in [-0.39, 0.29) is 21.7 Å². The van der Waals surface area contributed by atoms with Gasteiger partial charge in [-0.2, -0.15) is 0 Å². The highest BCUT2D eigenvalue weighted by Crippen LogP contribution is 2.34. The summed E-state index contributed by atoms with van der Waals surface area (Å²) in [5.41, 5.74) is 1.37. The van der Waals surface area contributed by atoms with Gasteiger partial charge in [-0.25, -0.2) is 13.2 Å². The van der Waals surface area contributed by atoms with Crippen LogP contribution < -0.4 is 10.6 Å². The molecule has 0 bridgehead atoms. The van der Waals surface area contributed by atoms with Crippen LogP contribution in [0.4, 0.5) is 10.5 Å². The lowest BCUT2D eigenvalue weighted by molar-refractivity contribution is 0.251. The molecule has 2 aromatic rings. The first kappa shape index (κ1) is 20.9. The van der Waals surface area contributed by atoms with Gasteiger partial charge in [-0.3, -0.25) is 4.98 Å². The number of aromatic nitrogens is 1. The molecule has 0 radical (unpaired) electrons. The van der Waals surface area contributed by atoms with Crippen LogP contribution in [0.2, 0.25) is 0 Å². The third-order valence-electron chi connectivity index (χ3n) is 4.60. The Balaban J connectivity index is 1.60. The van der Waals surface area contributed by atoms with Crippen molar-refractivity contribution in [3.63, 3.8) is 0 Å². The van der Waals surface area contributed by atoms with Crippen LogP contribution in [0.15, 0.2) is 53.7 Å². The lowest BCUT2D eigenvalue weighted by atomic mass is 9.99. The highest BCUT2D eigenvalue weighted by Gasteiger charge is 2.35. The van der Waals surface area contributed by atoms with Crippen LogP contribution >= 0.6 is 23.2 Å². The number of urea groups is 1. The van der Waals surface area contributed by atoms with Crippen molar-refractivity contribution in [3.8, 4) is 0 Å². The van der Waals surface area contributed by atoms with Crippen molar-refractivity contribution in [2.75, 3.05) is 5.32 Å². The highest BCUT2D eigenvalue weighted by molar-refractivity contribution is 7.92. The Morgan fingerprint density at radius 3 is 2.36 bits per heavy atom. The van der Waals surface area contributed by atoms with Crippen molar-refractivity contribution in [1.82, 2.24) is 10.3 Å². The zero-order chi connectivity index (χ0) is 20.1. The van der Waals surface area contributed by atoms with E-state index in [9.17, 15) is 13.2 Å². The molecule has 3 rings (SSSR count). The SMILES string of the molecule is O=C(NCc1cccnc1)Nc1ccc(S(=O)(=O)C2CC(Cl)CC(Cl)C2)cc1. The van der Waals surface area contributed by atoms with Crippen molar-refractivity contribution < 1.29 is 13.2 Å². The third-order valence-corrected chi connectivity index (χ3v) is 7.51. The second-order valence-corrected chi connectivity index (χ2v) is 10.2. The van der Waals surface area contributed by atoms with Gasteiger partial charge in [-0.15, -0.1) is 23.2 Å². The average molecular weight is 442 g/mol. The number of carbonyl (C=O) groups is 1. The van der Waals surface area contributed by atoms with Gasteiger partial charge in [0.05, 0.1) is 10.1 Å². The number of pyridine rings is 1. The van der Waals surface area contributed by atoms with Gasteiger partial charge in [0.15, 0.2) is 9.84 Å². The second-order valence-electron chi connectivity index (χ2n) is 6.76. The van der Waals surface area contributed by atoms with Gasteiger partial charge >= 0.3 is 6.03 Å². The van der Waals surface area contributed by atoms with E-state index in [4.69, 9.17) is 23.2 Å². The molecule has 2 amide bonds.